The Labute approximate surface area is 143 Å². The van der Waals surface area contributed by atoms with Crippen molar-refractivity contribution in [1.82, 2.24) is 20.2 Å². The number of anilines is 1. The molecular weight excluding hydrogens is 320 g/mol. The Kier molecular flexibility index (Phi) is 3.87. The zero-order chi connectivity index (χ0) is 17.2. The largest absolute Gasteiger partial charge is 0.493 e. The van der Waals surface area contributed by atoms with E-state index in [-0.39, 0.29) is 18.4 Å². The first-order valence-electron chi connectivity index (χ1n) is 7.87. The molecule has 0 saturated heterocycles. The van der Waals surface area contributed by atoms with Crippen molar-refractivity contribution in [3.8, 4) is 16.9 Å². The Morgan fingerprint density at radius 2 is 2.20 bits per heavy atom. The first-order valence-corrected chi connectivity index (χ1v) is 7.87. The average molecular weight is 336 g/mol. The van der Waals surface area contributed by atoms with E-state index in [2.05, 4.69) is 31.5 Å². The molecule has 0 spiro atoms. The number of carbonyl (C=O) groups is 1. The lowest BCUT2D eigenvalue weighted by molar-refractivity contribution is 0.102. The molecule has 3 aromatic rings. The second-order valence-electron chi connectivity index (χ2n) is 5.65. The van der Waals surface area contributed by atoms with E-state index in [1.54, 1.807) is 12.3 Å². The smallest absolute Gasteiger partial charge is 0.259 e. The number of ether oxygens (including phenoxy) is 1. The highest BCUT2D eigenvalue weighted by molar-refractivity contribution is 6.03. The van der Waals surface area contributed by atoms with Gasteiger partial charge in [0.1, 0.15) is 11.6 Å². The van der Waals surface area contributed by atoms with Gasteiger partial charge in [-0.3, -0.25) is 20.2 Å². The van der Waals surface area contributed by atoms with E-state index >= 15 is 0 Å². The van der Waals surface area contributed by atoms with Gasteiger partial charge in [0.25, 0.3) is 5.91 Å². The molecule has 4 rings (SSSR count). The third kappa shape index (κ3) is 3.07. The number of rotatable bonds is 4. The third-order valence-electron chi connectivity index (χ3n) is 3.97. The van der Waals surface area contributed by atoms with Gasteiger partial charge in [0.15, 0.2) is 0 Å². The molecule has 1 aromatic carbocycles. The van der Waals surface area contributed by atoms with Crippen molar-refractivity contribution in [3.05, 3.63) is 53.6 Å². The summed E-state index contributed by atoms with van der Waals surface area (Å²) in [4.78, 5) is 20.6. The fraction of sp³-hybridized carbons (Fsp3) is 0.176. The van der Waals surface area contributed by atoms with Crippen LogP contribution in [0.2, 0.25) is 0 Å². The van der Waals surface area contributed by atoms with Crippen LogP contribution in [0.3, 0.4) is 0 Å². The molecule has 25 heavy (non-hydrogen) atoms. The van der Waals surface area contributed by atoms with Gasteiger partial charge >= 0.3 is 0 Å². The maximum atomic E-state index is 12.4. The van der Waals surface area contributed by atoms with Crippen molar-refractivity contribution < 1.29 is 9.53 Å². The molecule has 8 heteroatoms. The third-order valence-corrected chi connectivity index (χ3v) is 3.97. The van der Waals surface area contributed by atoms with Crippen LogP contribution >= 0.6 is 0 Å². The minimum atomic E-state index is -0.332. The SMILES string of the molecule is NCc1nc(NC(=O)c2cncc(-c3ccc4c(c3)CCO4)c2)n[nH]1. The molecule has 2 aromatic heterocycles. The number of benzene rings is 1. The maximum absolute atomic E-state index is 12.4. The standard InChI is InChI=1S/C17H16N6O2/c18-7-15-20-17(23-22-15)21-16(24)13-6-12(8-19-9-13)10-1-2-14-11(5-10)3-4-25-14/h1-2,5-6,8-9H,3-4,7,18H2,(H2,20,21,22,23,24). The summed E-state index contributed by atoms with van der Waals surface area (Å²) in [7, 11) is 0. The molecule has 0 radical (unpaired) electrons. The number of carbonyl (C=O) groups excluding carboxylic acids is 1. The molecule has 0 fully saturated rings. The first-order chi connectivity index (χ1) is 12.2. The molecular formula is C17H16N6O2. The summed E-state index contributed by atoms with van der Waals surface area (Å²) in [5, 5.41) is 9.16. The highest BCUT2D eigenvalue weighted by Crippen LogP contribution is 2.30. The molecule has 3 heterocycles. The summed E-state index contributed by atoms with van der Waals surface area (Å²) in [5.41, 5.74) is 8.91. The molecule has 1 amide bonds. The van der Waals surface area contributed by atoms with Gasteiger partial charge in [0.05, 0.1) is 18.7 Å². The van der Waals surface area contributed by atoms with Gasteiger partial charge in [-0.25, -0.2) is 0 Å². The Hall–Kier alpha value is -3.26. The highest BCUT2D eigenvalue weighted by atomic mass is 16.5. The second-order valence-corrected chi connectivity index (χ2v) is 5.65. The fourth-order valence-corrected chi connectivity index (χ4v) is 2.70. The van der Waals surface area contributed by atoms with Crippen molar-refractivity contribution in [3.63, 3.8) is 0 Å². The predicted octanol–water partition coefficient (Wildman–Crippen LogP) is 1.51. The van der Waals surface area contributed by atoms with Crippen molar-refractivity contribution in [2.24, 2.45) is 5.73 Å². The van der Waals surface area contributed by atoms with Crippen molar-refractivity contribution in [2.75, 3.05) is 11.9 Å². The number of hydrogen-bond donors (Lipinski definition) is 3. The Morgan fingerprint density at radius 1 is 1.28 bits per heavy atom. The first kappa shape index (κ1) is 15.3. The van der Waals surface area contributed by atoms with Gasteiger partial charge in [-0.2, -0.15) is 4.98 Å². The average Bonchev–Trinajstić information content (AvgIpc) is 3.30. The van der Waals surface area contributed by atoms with Crippen molar-refractivity contribution in [2.45, 2.75) is 13.0 Å². The lowest BCUT2D eigenvalue weighted by atomic mass is 10.0. The van der Waals surface area contributed by atoms with E-state index in [9.17, 15) is 4.79 Å². The minimum absolute atomic E-state index is 0.186. The summed E-state index contributed by atoms with van der Waals surface area (Å²) in [6.45, 7) is 0.933. The molecule has 4 N–H and O–H groups in total. The number of amides is 1. The minimum Gasteiger partial charge on any atom is -0.493 e. The molecule has 0 bridgehead atoms. The van der Waals surface area contributed by atoms with Crippen LogP contribution in [0.1, 0.15) is 21.7 Å². The Morgan fingerprint density at radius 3 is 3.04 bits per heavy atom. The van der Waals surface area contributed by atoms with Crippen LogP contribution in [0.15, 0.2) is 36.7 Å². The number of pyridine rings is 1. The van der Waals surface area contributed by atoms with E-state index in [4.69, 9.17) is 10.5 Å². The van der Waals surface area contributed by atoms with Gasteiger partial charge < -0.3 is 10.5 Å². The summed E-state index contributed by atoms with van der Waals surface area (Å²) >= 11 is 0. The van der Waals surface area contributed by atoms with Gasteiger partial charge in [-0.15, -0.1) is 5.10 Å². The van der Waals surface area contributed by atoms with Gasteiger partial charge in [-0.05, 0) is 29.3 Å². The Balaban J connectivity index is 1.57. The van der Waals surface area contributed by atoms with Gasteiger partial charge in [0.2, 0.25) is 5.95 Å². The summed E-state index contributed by atoms with van der Waals surface area (Å²) < 4.78 is 5.52. The van der Waals surface area contributed by atoms with Crippen LogP contribution in [-0.2, 0) is 13.0 Å². The van der Waals surface area contributed by atoms with Crippen LogP contribution < -0.4 is 15.8 Å². The number of nitrogens with zero attached hydrogens (tertiary/aromatic N) is 3. The number of aromatic nitrogens is 4. The normalized spacial score (nSPS) is 12.5. The lowest BCUT2D eigenvalue weighted by Gasteiger charge is -2.06. The van der Waals surface area contributed by atoms with Crippen LogP contribution in [0.5, 0.6) is 5.75 Å². The number of aromatic amines is 1. The van der Waals surface area contributed by atoms with Crippen LogP contribution in [0.25, 0.3) is 11.1 Å². The topological polar surface area (TPSA) is 119 Å². The predicted molar refractivity (Wildman–Crippen MR) is 91.1 cm³/mol. The Bertz CT molecular complexity index is 936. The summed E-state index contributed by atoms with van der Waals surface area (Å²) in [6, 6.07) is 7.78. The summed E-state index contributed by atoms with van der Waals surface area (Å²) in [6.07, 6.45) is 4.13. The van der Waals surface area contributed by atoms with Crippen LogP contribution in [0, 0.1) is 0 Å². The fourth-order valence-electron chi connectivity index (χ4n) is 2.70. The lowest BCUT2D eigenvalue weighted by Crippen LogP contribution is -2.13. The molecule has 0 saturated carbocycles. The van der Waals surface area contributed by atoms with E-state index in [0.717, 1.165) is 23.3 Å². The molecule has 1 aliphatic rings. The van der Waals surface area contributed by atoms with E-state index < -0.39 is 0 Å². The van der Waals surface area contributed by atoms with Crippen LogP contribution in [0.4, 0.5) is 5.95 Å². The van der Waals surface area contributed by atoms with Crippen LogP contribution in [-0.4, -0.2) is 32.7 Å². The van der Waals surface area contributed by atoms with Gasteiger partial charge in [0, 0.05) is 24.4 Å². The zero-order valence-electron chi connectivity index (χ0n) is 13.3. The molecule has 1 aliphatic heterocycles. The highest BCUT2D eigenvalue weighted by Gasteiger charge is 2.14. The molecule has 8 nitrogen and oxygen atoms in total. The molecule has 126 valence electrons. The summed E-state index contributed by atoms with van der Waals surface area (Å²) in [5.74, 6) is 1.28. The van der Waals surface area contributed by atoms with Crippen molar-refractivity contribution in [1.29, 1.82) is 0 Å². The maximum Gasteiger partial charge on any atom is 0.259 e. The number of nitrogens with one attached hydrogen (secondary N) is 2. The van der Waals surface area contributed by atoms with E-state index in [1.165, 1.54) is 11.8 Å². The molecule has 0 unspecified atom stereocenters. The number of nitrogens with two attached hydrogens (primary N) is 1. The second kappa shape index (κ2) is 6.33. The number of fused-ring (bicyclic) bond motifs is 1. The molecule has 0 aliphatic carbocycles. The number of H-pyrrole nitrogens is 1. The molecule has 0 atom stereocenters. The van der Waals surface area contributed by atoms with E-state index in [0.29, 0.717) is 18.0 Å². The zero-order valence-corrected chi connectivity index (χ0v) is 13.3. The van der Waals surface area contributed by atoms with Crippen molar-refractivity contribution >= 4 is 11.9 Å². The number of hydrogen-bond acceptors (Lipinski definition) is 6. The quantitative estimate of drug-likeness (QED) is 0.664. The monoisotopic (exact) mass is 336 g/mol. The van der Waals surface area contributed by atoms with Gasteiger partial charge in [-0.1, -0.05) is 6.07 Å². The van der Waals surface area contributed by atoms with E-state index in [1.807, 2.05) is 12.1 Å².